The van der Waals surface area contributed by atoms with E-state index >= 15 is 0 Å². The summed E-state index contributed by atoms with van der Waals surface area (Å²) < 4.78 is 1.03. The lowest BCUT2D eigenvalue weighted by molar-refractivity contribution is 0.0690. The number of halogens is 1. The van der Waals surface area contributed by atoms with Crippen LogP contribution in [0.2, 0.25) is 0 Å². The number of benzene rings is 2. The Morgan fingerprint density at radius 1 is 1.19 bits per heavy atom. The average Bonchev–Trinajstić information content (AvgIpc) is 3.28. The Labute approximate surface area is 205 Å². The normalized spacial score (nSPS) is 21.3. The van der Waals surface area contributed by atoms with Crippen LogP contribution in [-0.2, 0) is 0 Å². The van der Waals surface area contributed by atoms with Crippen LogP contribution in [0.4, 0.5) is 0 Å². The second-order valence-corrected chi connectivity index (χ2v) is 11.1. The number of rotatable bonds is 5. The van der Waals surface area contributed by atoms with Gasteiger partial charge < -0.3 is 10.2 Å². The largest absolute Gasteiger partial charge is 0.350 e. The monoisotopic (exact) mass is 557 g/mol. The lowest BCUT2D eigenvalue weighted by Gasteiger charge is -2.27. The Morgan fingerprint density at radius 2 is 2.00 bits per heavy atom. The van der Waals surface area contributed by atoms with Gasteiger partial charge in [0.15, 0.2) is 0 Å². The highest BCUT2D eigenvalue weighted by Crippen LogP contribution is 2.50. The number of hydrogen-bond acceptors (Lipinski definition) is 4. The first kappa shape index (κ1) is 21.6. The van der Waals surface area contributed by atoms with Gasteiger partial charge >= 0.3 is 0 Å². The van der Waals surface area contributed by atoms with Gasteiger partial charge in [-0.25, -0.2) is 4.98 Å². The number of fused-ring (bicyclic) bond motifs is 1. The summed E-state index contributed by atoms with van der Waals surface area (Å²) in [6.45, 7) is 5.22. The van der Waals surface area contributed by atoms with E-state index in [1.54, 1.807) is 11.3 Å². The topological polar surface area (TPSA) is 62.3 Å². The Morgan fingerprint density at radius 3 is 2.78 bits per heavy atom. The van der Waals surface area contributed by atoms with Gasteiger partial charge in [-0.1, -0.05) is 35.9 Å². The van der Waals surface area contributed by atoms with E-state index < -0.39 is 0 Å². The molecule has 3 aromatic rings. The summed E-state index contributed by atoms with van der Waals surface area (Å²) in [5, 5.41) is 3.95. The van der Waals surface area contributed by atoms with Crippen LogP contribution in [0, 0.1) is 29.3 Å². The number of thiazole rings is 1. The molecule has 2 fully saturated rings. The SMILES string of the molecule is Cc1cccc(-c2sc(C)nc2C(=O)N2CC3CC3C2CNC(=O)c2cccc(I)c2)c1. The average molecular weight is 557 g/mol. The highest BCUT2D eigenvalue weighted by atomic mass is 127. The Bertz CT molecular complexity index is 1210. The smallest absolute Gasteiger partial charge is 0.274 e. The molecule has 2 heterocycles. The third kappa shape index (κ3) is 4.20. The minimum absolute atomic E-state index is 0.0200. The van der Waals surface area contributed by atoms with Crippen molar-refractivity contribution in [1.29, 1.82) is 0 Å². The number of carbonyl (C=O) groups is 2. The van der Waals surface area contributed by atoms with Crippen molar-refractivity contribution in [2.24, 2.45) is 11.8 Å². The second kappa shape index (κ2) is 8.59. The molecule has 1 saturated heterocycles. The first-order valence-electron chi connectivity index (χ1n) is 10.8. The van der Waals surface area contributed by atoms with Crippen molar-refractivity contribution in [1.82, 2.24) is 15.2 Å². The standard InChI is InChI=1S/C25H24IN3O2S/c1-14-5-3-6-16(9-14)23-22(28-15(2)32-23)25(31)29-13-18-11-20(18)21(29)12-27-24(30)17-7-4-8-19(26)10-17/h3-10,18,20-21H,11-13H2,1-2H3,(H,27,30). The van der Waals surface area contributed by atoms with Crippen molar-refractivity contribution in [2.45, 2.75) is 26.3 Å². The summed E-state index contributed by atoms with van der Waals surface area (Å²) in [5.41, 5.74) is 3.38. The minimum Gasteiger partial charge on any atom is -0.350 e. The van der Waals surface area contributed by atoms with Crippen LogP contribution in [0.1, 0.15) is 37.8 Å². The van der Waals surface area contributed by atoms with Gasteiger partial charge in [-0.05, 0) is 78.5 Å². The quantitative estimate of drug-likeness (QED) is 0.453. The molecule has 5 nitrogen and oxygen atoms in total. The summed E-state index contributed by atoms with van der Waals surface area (Å²) >= 11 is 3.77. The molecule has 32 heavy (non-hydrogen) atoms. The maximum atomic E-state index is 13.6. The predicted molar refractivity (Wildman–Crippen MR) is 135 cm³/mol. The van der Waals surface area contributed by atoms with Gasteiger partial charge in [0.2, 0.25) is 0 Å². The fraction of sp³-hybridized carbons (Fsp3) is 0.320. The number of aromatic nitrogens is 1. The van der Waals surface area contributed by atoms with E-state index in [9.17, 15) is 9.59 Å². The maximum absolute atomic E-state index is 13.6. The molecule has 1 N–H and O–H groups in total. The molecule has 0 radical (unpaired) electrons. The van der Waals surface area contributed by atoms with E-state index in [0.717, 1.165) is 37.5 Å². The lowest BCUT2D eigenvalue weighted by Crippen LogP contribution is -2.45. The molecule has 0 bridgehead atoms. The number of hydrogen-bond donors (Lipinski definition) is 1. The number of aryl methyl sites for hydroxylation is 2. The second-order valence-electron chi connectivity index (χ2n) is 8.68. The van der Waals surface area contributed by atoms with Crippen molar-refractivity contribution in [3.05, 3.63) is 73.9 Å². The predicted octanol–water partition coefficient (Wildman–Crippen LogP) is 4.92. The molecule has 1 aliphatic carbocycles. The van der Waals surface area contributed by atoms with Crippen LogP contribution < -0.4 is 5.32 Å². The number of carbonyl (C=O) groups excluding carboxylic acids is 2. The van der Waals surface area contributed by atoms with Gasteiger partial charge in [0.1, 0.15) is 5.69 Å². The molecule has 5 rings (SSSR count). The number of nitrogens with one attached hydrogen (secondary N) is 1. The molecule has 2 aliphatic rings. The highest BCUT2D eigenvalue weighted by molar-refractivity contribution is 14.1. The molecule has 1 saturated carbocycles. The molecular formula is C25H24IN3O2S. The first-order valence-corrected chi connectivity index (χ1v) is 12.7. The van der Waals surface area contributed by atoms with Gasteiger partial charge in [-0.2, -0.15) is 0 Å². The van der Waals surface area contributed by atoms with E-state index in [2.05, 4.69) is 51.9 Å². The number of nitrogens with zero attached hydrogens (tertiary/aromatic N) is 2. The molecule has 2 amide bonds. The van der Waals surface area contributed by atoms with Crippen molar-refractivity contribution < 1.29 is 9.59 Å². The fourth-order valence-electron chi connectivity index (χ4n) is 4.69. The van der Waals surface area contributed by atoms with Gasteiger partial charge in [-0.15, -0.1) is 11.3 Å². The molecule has 3 atom stereocenters. The van der Waals surface area contributed by atoms with Crippen molar-refractivity contribution >= 4 is 45.7 Å². The summed E-state index contributed by atoms with van der Waals surface area (Å²) in [6, 6.07) is 15.8. The van der Waals surface area contributed by atoms with Crippen LogP contribution >= 0.6 is 33.9 Å². The summed E-state index contributed by atoms with van der Waals surface area (Å²) in [5.74, 6) is 0.898. The third-order valence-corrected chi connectivity index (χ3v) is 8.03. The molecule has 164 valence electrons. The third-order valence-electron chi connectivity index (χ3n) is 6.34. The fourth-order valence-corrected chi connectivity index (χ4v) is 6.14. The van der Waals surface area contributed by atoms with Crippen molar-refractivity contribution in [3.63, 3.8) is 0 Å². The molecular weight excluding hydrogens is 533 g/mol. The van der Waals surface area contributed by atoms with Gasteiger partial charge in [0, 0.05) is 22.2 Å². The minimum atomic E-state index is -0.0926. The summed E-state index contributed by atoms with van der Waals surface area (Å²) in [6.07, 6.45) is 1.13. The van der Waals surface area contributed by atoms with E-state index in [1.165, 1.54) is 0 Å². The van der Waals surface area contributed by atoms with Crippen molar-refractivity contribution in [2.75, 3.05) is 13.1 Å². The van der Waals surface area contributed by atoms with E-state index in [-0.39, 0.29) is 17.9 Å². The Kier molecular flexibility index (Phi) is 5.79. The molecule has 0 spiro atoms. The molecule has 3 unspecified atom stereocenters. The zero-order valence-corrected chi connectivity index (χ0v) is 20.9. The Balaban J connectivity index is 1.36. The lowest BCUT2D eigenvalue weighted by atomic mass is 10.1. The number of amides is 2. The highest BCUT2D eigenvalue weighted by Gasteiger charge is 2.54. The van der Waals surface area contributed by atoms with Gasteiger partial charge in [0.25, 0.3) is 11.8 Å². The summed E-state index contributed by atoms with van der Waals surface area (Å²) in [4.78, 5) is 33.8. The van der Waals surface area contributed by atoms with Crippen LogP contribution in [0.15, 0.2) is 48.5 Å². The number of piperidine rings is 1. The van der Waals surface area contributed by atoms with Gasteiger partial charge in [0.05, 0.1) is 15.9 Å². The number of likely N-dealkylation sites (tertiary alicyclic amines) is 1. The van der Waals surface area contributed by atoms with E-state index in [0.29, 0.717) is 29.6 Å². The molecule has 2 aromatic carbocycles. The van der Waals surface area contributed by atoms with E-state index in [1.807, 2.05) is 48.2 Å². The molecule has 1 aromatic heterocycles. The van der Waals surface area contributed by atoms with E-state index in [4.69, 9.17) is 0 Å². The van der Waals surface area contributed by atoms with Crippen LogP contribution in [0.25, 0.3) is 10.4 Å². The Hall–Kier alpha value is -2.26. The zero-order chi connectivity index (χ0) is 22.4. The molecule has 1 aliphatic heterocycles. The van der Waals surface area contributed by atoms with Crippen LogP contribution in [-0.4, -0.2) is 40.8 Å². The summed E-state index contributed by atoms with van der Waals surface area (Å²) in [7, 11) is 0. The first-order chi connectivity index (χ1) is 15.4. The van der Waals surface area contributed by atoms with Crippen molar-refractivity contribution in [3.8, 4) is 10.4 Å². The maximum Gasteiger partial charge on any atom is 0.274 e. The zero-order valence-electron chi connectivity index (χ0n) is 18.0. The van der Waals surface area contributed by atoms with Crippen LogP contribution in [0.5, 0.6) is 0 Å². The van der Waals surface area contributed by atoms with Gasteiger partial charge in [-0.3, -0.25) is 9.59 Å². The molecule has 7 heteroatoms. The van der Waals surface area contributed by atoms with Crippen LogP contribution in [0.3, 0.4) is 0 Å².